The van der Waals surface area contributed by atoms with Gasteiger partial charge in [0, 0.05) is 38.8 Å². The number of nitrogens with zero attached hydrogens (tertiary/aromatic N) is 3. The van der Waals surface area contributed by atoms with Crippen LogP contribution in [-0.2, 0) is 0 Å². The van der Waals surface area contributed by atoms with E-state index < -0.39 is 0 Å². The lowest BCUT2D eigenvalue weighted by Gasteiger charge is -2.26. The average Bonchev–Trinajstić information content (AvgIpc) is 3.33. The van der Waals surface area contributed by atoms with Crippen LogP contribution in [0.3, 0.4) is 0 Å². The lowest BCUT2D eigenvalue weighted by Crippen LogP contribution is -2.43. The Hall–Kier alpha value is -2.49. The van der Waals surface area contributed by atoms with Crippen LogP contribution in [0.2, 0.25) is 0 Å². The number of benzene rings is 1. The average molecular weight is 400 g/mol. The number of fused-ring (bicyclic) bond motifs is 2. The van der Waals surface area contributed by atoms with Gasteiger partial charge in [-0.3, -0.25) is 4.79 Å². The molecular weight excluding hydrogens is 382 g/mol. The van der Waals surface area contributed by atoms with E-state index in [1.54, 1.807) is 18.3 Å². The van der Waals surface area contributed by atoms with Gasteiger partial charge in [0.1, 0.15) is 10.3 Å². The number of thiazole rings is 1. The van der Waals surface area contributed by atoms with Gasteiger partial charge in [-0.15, -0.1) is 11.3 Å². The number of aromatic nitrogens is 2. The monoisotopic (exact) mass is 399 g/mol. The number of thiophene rings is 1. The number of amides is 1. The van der Waals surface area contributed by atoms with Crippen molar-refractivity contribution in [1.29, 1.82) is 0 Å². The molecule has 0 bridgehead atoms. The largest absolute Gasteiger partial charge is 0.441 e. The molecule has 0 radical (unpaired) electrons. The molecule has 138 valence electrons. The zero-order chi connectivity index (χ0) is 18.4. The van der Waals surface area contributed by atoms with Crippen molar-refractivity contribution < 1.29 is 9.21 Å². The lowest BCUT2D eigenvalue weighted by molar-refractivity contribution is 0.103. The fourth-order valence-electron chi connectivity index (χ4n) is 3.14. The Morgan fingerprint density at radius 1 is 1.22 bits per heavy atom. The molecule has 3 aromatic heterocycles. The second-order valence-electron chi connectivity index (χ2n) is 6.38. The van der Waals surface area contributed by atoms with E-state index in [2.05, 4.69) is 20.5 Å². The summed E-state index contributed by atoms with van der Waals surface area (Å²) in [5, 5.41) is 7.32. The molecule has 9 heteroatoms. The third-order valence-electron chi connectivity index (χ3n) is 4.44. The smallest absolute Gasteiger partial charge is 0.265 e. The first kappa shape index (κ1) is 16.7. The van der Waals surface area contributed by atoms with Gasteiger partial charge in [0.2, 0.25) is 0 Å². The lowest BCUT2D eigenvalue weighted by atomic mass is 10.3. The molecule has 1 aliphatic rings. The minimum Gasteiger partial charge on any atom is -0.441 e. The highest BCUT2D eigenvalue weighted by Gasteiger charge is 2.18. The summed E-state index contributed by atoms with van der Waals surface area (Å²) in [6.45, 7) is 5.71. The van der Waals surface area contributed by atoms with Crippen LogP contribution in [0, 0.1) is 6.92 Å². The molecule has 0 aliphatic carbocycles. The first-order valence-corrected chi connectivity index (χ1v) is 10.3. The molecule has 4 heterocycles. The van der Waals surface area contributed by atoms with Gasteiger partial charge in [-0.2, -0.15) is 0 Å². The van der Waals surface area contributed by atoms with Gasteiger partial charge in [0.05, 0.1) is 9.58 Å². The molecule has 5 rings (SSSR count). The van der Waals surface area contributed by atoms with Crippen LogP contribution in [0.1, 0.15) is 15.6 Å². The molecule has 1 aromatic carbocycles. The second-order valence-corrected chi connectivity index (χ2v) is 8.42. The Balaban J connectivity index is 1.35. The summed E-state index contributed by atoms with van der Waals surface area (Å²) >= 11 is 3.08. The Labute approximate surface area is 163 Å². The number of oxazole rings is 1. The van der Waals surface area contributed by atoms with Gasteiger partial charge < -0.3 is 20.0 Å². The second kappa shape index (κ2) is 6.59. The first-order valence-electron chi connectivity index (χ1n) is 8.70. The number of nitrogens with one attached hydrogen (secondary N) is 2. The summed E-state index contributed by atoms with van der Waals surface area (Å²) in [7, 11) is 0. The Kier molecular flexibility index (Phi) is 4.07. The standard InChI is InChI=1S/C18H17N5O2S2/c1-10-20-12-8-11(2-3-13(12)25-10)21-16(24)14-9-15-17(26-14)22-18(27-15)23-6-4-19-5-7-23/h2-3,8-9,19H,4-7H2,1H3,(H,21,24). The van der Waals surface area contributed by atoms with E-state index in [-0.39, 0.29) is 5.91 Å². The zero-order valence-corrected chi connectivity index (χ0v) is 16.2. The van der Waals surface area contributed by atoms with Crippen LogP contribution >= 0.6 is 22.7 Å². The number of carbonyl (C=O) groups is 1. The molecule has 0 unspecified atom stereocenters. The summed E-state index contributed by atoms with van der Waals surface area (Å²) < 4.78 is 6.52. The minimum absolute atomic E-state index is 0.131. The molecule has 27 heavy (non-hydrogen) atoms. The van der Waals surface area contributed by atoms with Crippen LogP contribution in [0.15, 0.2) is 28.7 Å². The predicted octanol–water partition coefficient (Wildman–Crippen LogP) is 3.47. The van der Waals surface area contributed by atoms with E-state index in [1.807, 2.05) is 24.3 Å². The maximum absolute atomic E-state index is 12.6. The fourth-order valence-corrected chi connectivity index (χ4v) is 5.30. The number of hydrogen-bond donors (Lipinski definition) is 2. The van der Waals surface area contributed by atoms with Crippen molar-refractivity contribution in [2.45, 2.75) is 6.92 Å². The molecule has 7 nitrogen and oxygen atoms in total. The van der Waals surface area contributed by atoms with E-state index in [0.29, 0.717) is 22.0 Å². The van der Waals surface area contributed by atoms with Crippen molar-refractivity contribution in [2.24, 2.45) is 0 Å². The normalized spacial score (nSPS) is 14.9. The number of aryl methyl sites for hydroxylation is 1. The molecule has 0 saturated carbocycles. The highest BCUT2D eigenvalue weighted by molar-refractivity contribution is 7.29. The molecule has 1 saturated heterocycles. The van der Waals surface area contributed by atoms with E-state index in [9.17, 15) is 4.79 Å². The molecule has 2 N–H and O–H groups in total. The minimum atomic E-state index is -0.131. The molecule has 1 amide bonds. The van der Waals surface area contributed by atoms with Crippen LogP contribution in [0.5, 0.6) is 0 Å². The number of rotatable bonds is 3. The topological polar surface area (TPSA) is 83.3 Å². The third-order valence-corrected chi connectivity index (χ3v) is 6.66. The van der Waals surface area contributed by atoms with E-state index in [4.69, 9.17) is 9.40 Å². The SMILES string of the molecule is Cc1nc2cc(NC(=O)c3cc4sc(N5CCNCC5)nc4s3)ccc2o1. The van der Waals surface area contributed by atoms with Gasteiger partial charge in [0.25, 0.3) is 5.91 Å². The summed E-state index contributed by atoms with van der Waals surface area (Å²) in [5.74, 6) is 0.479. The molecule has 0 atom stereocenters. The summed E-state index contributed by atoms with van der Waals surface area (Å²) in [6.07, 6.45) is 0. The number of anilines is 2. The van der Waals surface area contributed by atoms with Crippen molar-refractivity contribution in [1.82, 2.24) is 15.3 Å². The van der Waals surface area contributed by atoms with Crippen LogP contribution < -0.4 is 15.5 Å². The predicted molar refractivity (Wildman–Crippen MR) is 109 cm³/mol. The van der Waals surface area contributed by atoms with Crippen LogP contribution in [-0.4, -0.2) is 42.1 Å². The zero-order valence-electron chi connectivity index (χ0n) is 14.6. The molecule has 1 aliphatic heterocycles. The Morgan fingerprint density at radius 3 is 2.89 bits per heavy atom. The summed E-state index contributed by atoms with van der Waals surface area (Å²) in [6, 6.07) is 7.39. The van der Waals surface area contributed by atoms with Gasteiger partial charge in [-0.25, -0.2) is 9.97 Å². The van der Waals surface area contributed by atoms with Gasteiger partial charge in [-0.1, -0.05) is 11.3 Å². The van der Waals surface area contributed by atoms with Gasteiger partial charge in [0.15, 0.2) is 16.6 Å². The van der Waals surface area contributed by atoms with Gasteiger partial charge >= 0.3 is 0 Å². The summed E-state index contributed by atoms with van der Waals surface area (Å²) in [4.78, 5) is 25.5. The maximum Gasteiger partial charge on any atom is 0.265 e. The van der Waals surface area contributed by atoms with Crippen molar-refractivity contribution in [3.05, 3.63) is 35.0 Å². The van der Waals surface area contributed by atoms with Crippen LogP contribution in [0.25, 0.3) is 20.6 Å². The number of hydrogen-bond acceptors (Lipinski definition) is 8. The van der Waals surface area contributed by atoms with Crippen LogP contribution in [0.4, 0.5) is 10.8 Å². The number of carbonyl (C=O) groups excluding carboxylic acids is 1. The highest BCUT2D eigenvalue weighted by atomic mass is 32.1. The van der Waals surface area contributed by atoms with Crippen molar-refractivity contribution in [3.63, 3.8) is 0 Å². The van der Waals surface area contributed by atoms with E-state index in [1.165, 1.54) is 11.3 Å². The Bertz CT molecular complexity index is 1110. The highest BCUT2D eigenvalue weighted by Crippen LogP contribution is 2.35. The van der Waals surface area contributed by atoms with Crippen molar-refractivity contribution in [2.75, 3.05) is 36.4 Å². The fraction of sp³-hybridized carbons (Fsp3) is 0.278. The molecular formula is C18H17N5O2S2. The molecule has 1 fully saturated rings. The molecule has 4 aromatic rings. The maximum atomic E-state index is 12.6. The van der Waals surface area contributed by atoms with E-state index >= 15 is 0 Å². The van der Waals surface area contributed by atoms with E-state index in [0.717, 1.165) is 46.4 Å². The molecule has 0 spiro atoms. The first-order chi connectivity index (χ1) is 13.2. The van der Waals surface area contributed by atoms with Crippen molar-refractivity contribution >= 4 is 60.0 Å². The number of piperazine rings is 1. The van der Waals surface area contributed by atoms with Crippen molar-refractivity contribution in [3.8, 4) is 0 Å². The quantitative estimate of drug-likeness (QED) is 0.549. The third kappa shape index (κ3) is 3.18. The summed E-state index contributed by atoms with van der Waals surface area (Å²) in [5.41, 5.74) is 2.15. The van der Waals surface area contributed by atoms with Gasteiger partial charge in [-0.05, 0) is 24.3 Å². The Morgan fingerprint density at radius 2 is 2.07 bits per heavy atom.